The van der Waals surface area contributed by atoms with Crippen LogP contribution in [0.5, 0.6) is 0 Å². The Hall–Kier alpha value is -2.13. The number of amides is 1. The van der Waals surface area contributed by atoms with Crippen LogP contribution in [0.4, 0.5) is 0 Å². The smallest absolute Gasteiger partial charge is 0.265 e. The van der Waals surface area contributed by atoms with Gasteiger partial charge in [0.25, 0.3) is 5.91 Å². The van der Waals surface area contributed by atoms with Gasteiger partial charge in [-0.2, -0.15) is 0 Å². The topological polar surface area (TPSA) is 55.1 Å². The Balaban J connectivity index is 0.000000181. The molecule has 0 heterocycles. The second-order valence-corrected chi connectivity index (χ2v) is 3.49. The molecule has 17 heavy (non-hydrogen) atoms. The number of aryl methyl sites for hydroxylation is 1. The minimum Gasteiger partial charge on any atom is -0.290 e. The Kier molecular flexibility index (Phi) is 5.47. The molecule has 3 heteroatoms. The van der Waals surface area contributed by atoms with Crippen LogP contribution in [0.15, 0.2) is 60.7 Å². The molecule has 2 rings (SSSR count). The molecule has 0 atom stereocenters. The van der Waals surface area contributed by atoms with Crippen molar-refractivity contribution < 1.29 is 4.79 Å². The second-order valence-electron chi connectivity index (χ2n) is 3.49. The summed E-state index contributed by atoms with van der Waals surface area (Å²) in [6, 6.07) is 19.1. The van der Waals surface area contributed by atoms with Gasteiger partial charge in [0.05, 0.1) is 0 Å². The van der Waals surface area contributed by atoms with Crippen LogP contribution in [0.3, 0.4) is 0 Å². The number of nitrogens with one attached hydrogen (secondary N) is 1. The van der Waals surface area contributed by atoms with Crippen molar-refractivity contribution in [3.63, 3.8) is 0 Å². The van der Waals surface area contributed by atoms with Gasteiger partial charge in [0, 0.05) is 5.56 Å². The summed E-state index contributed by atoms with van der Waals surface area (Å²) in [4.78, 5) is 10.8. The van der Waals surface area contributed by atoms with E-state index in [-0.39, 0.29) is 5.91 Å². The van der Waals surface area contributed by atoms with Gasteiger partial charge in [-0.05, 0) is 19.1 Å². The quantitative estimate of drug-likeness (QED) is 0.447. The van der Waals surface area contributed by atoms with Crippen molar-refractivity contribution in [2.75, 3.05) is 0 Å². The number of carbonyl (C=O) groups is 1. The predicted octanol–water partition coefficient (Wildman–Crippen LogP) is 2.29. The highest BCUT2D eigenvalue weighted by atomic mass is 16.2. The van der Waals surface area contributed by atoms with Crippen molar-refractivity contribution in [3.05, 3.63) is 71.8 Å². The second kappa shape index (κ2) is 7.19. The van der Waals surface area contributed by atoms with Gasteiger partial charge >= 0.3 is 0 Å². The molecular weight excluding hydrogens is 212 g/mol. The zero-order chi connectivity index (χ0) is 12.5. The highest BCUT2D eigenvalue weighted by molar-refractivity contribution is 5.93. The van der Waals surface area contributed by atoms with E-state index in [4.69, 9.17) is 5.84 Å². The number of rotatable bonds is 1. The van der Waals surface area contributed by atoms with Crippen molar-refractivity contribution in [2.45, 2.75) is 6.92 Å². The first-order valence-corrected chi connectivity index (χ1v) is 5.31. The molecular formula is C14H16N2O. The first-order valence-electron chi connectivity index (χ1n) is 5.31. The van der Waals surface area contributed by atoms with E-state index in [1.807, 2.05) is 29.7 Å². The van der Waals surface area contributed by atoms with Crippen molar-refractivity contribution in [2.24, 2.45) is 5.84 Å². The maximum atomic E-state index is 10.8. The fourth-order valence-electron chi connectivity index (χ4n) is 1.21. The van der Waals surface area contributed by atoms with Crippen molar-refractivity contribution >= 4 is 5.91 Å². The lowest BCUT2D eigenvalue weighted by atomic mass is 10.2. The number of nitrogen functional groups attached to an aromatic ring is 1. The fraction of sp³-hybridized carbons (Fsp3) is 0.0714. The van der Waals surface area contributed by atoms with Crippen molar-refractivity contribution in [3.8, 4) is 0 Å². The van der Waals surface area contributed by atoms with Gasteiger partial charge in [0.2, 0.25) is 0 Å². The highest BCUT2D eigenvalue weighted by Crippen LogP contribution is 1.96. The van der Waals surface area contributed by atoms with Crippen LogP contribution in [-0.2, 0) is 0 Å². The first kappa shape index (κ1) is 12.9. The molecule has 3 N–H and O–H groups in total. The average Bonchev–Trinajstić information content (AvgIpc) is 2.40. The third-order valence-corrected chi connectivity index (χ3v) is 2.11. The third kappa shape index (κ3) is 4.95. The molecule has 0 fully saturated rings. The van der Waals surface area contributed by atoms with E-state index in [0.29, 0.717) is 5.56 Å². The molecule has 0 aliphatic heterocycles. The minimum atomic E-state index is -0.263. The maximum Gasteiger partial charge on any atom is 0.265 e. The van der Waals surface area contributed by atoms with Crippen LogP contribution in [0.25, 0.3) is 0 Å². The van der Waals surface area contributed by atoms with Crippen LogP contribution in [-0.4, -0.2) is 5.91 Å². The van der Waals surface area contributed by atoms with E-state index >= 15 is 0 Å². The molecule has 0 radical (unpaired) electrons. The van der Waals surface area contributed by atoms with Crippen molar-refractivity contribution in [1.29, 1.82) is 0 Å². The molecule has 0 aromatic heterocycles. The summed E-state index contributed by atoms with van der Waals surface area (Å²) in [5, 5.41) is 0. The van der Waals surface area contributed by atoms with E-state index in [2.05, 4.69) is 19.1 Å². The van der Waals surface area contributed by atoms with Gasteiger partial charge < -0.3 is 0 Å². The monoisotopic (exact) mass is 228 g/mol. The molecule has 3 nitrogen and oxygen atoms in total. The van der Waals surface area contributed by atoms with E-state index in [1.54, 1.807) is 24.3 Å². The highest BCUT2D eigenvalue weighted by Gasteiger charge is 1.98. The van der Waals surface area contributed by atoms with Crippen LogP contribution in [0.1, 0.15) is 15.9 Å². The minimum absolute atomic E-state index is 0.263. The Morgan fingerprint density at radius 1 is 0.941 bits per heavy atom. The largest absolute Gasteiger partial charge is 0.290 e. The van der Waals surface area contributed by atoms with E-state index < -0.39 is 0 Å². The molecule has 0 saturated carbocycles. The molecule has 0 saturated heterocycles. The number of carbonyl (C=O) groups excluding carboxylic acids is 1. The molecule has 1 amide bonds. The third-order valence-electron chi connectivity index (χ3n) is 2.11. The van der Waals surface area contributed by atoms with Gasteiger partial charge in [-0.15, -0.1) is 0 Å². The standard InChI is InChI=1S/C7H8N2O.C7H8/c8-9-7(10)6-4-2-1-3-5-6;1-7-5-3-2-4-6-7/h1-5H,8H2,(H,9,10);2-6H,1H3. The predicted molar refractivity (Wildman–Crippen MR) is 69.3 cm³/mol. The fourth-order valence-corrected chi connectivity index (χ4v) is 1.21. The molecule has 0 aliphatic rings. The normalized spacial score (nSPS) is 8.82. The number of hydrazine groups is 1. The van der Waals surface area contributed by atoms with Gasteiger partial charge in [-0.3, -0.25) is 10.2 Å². The number of benzene rings is 2. The van der Waals surface area contributed by atoms with Crippen LogP contribution in [0.2, 0.25) is 0 Å². The van der Waals surface area contributed by atoms with E-state index in [0.717, 1.165) is 0 Å². The Morgan fingerprint density at radius 3 is 1.76 bits per heavy atom. The summed E-state index contributed by atoms with van der Waals surface area (Å²) in [5.41, 5.74) is 3.94. The van der Waals surface area contributed by atoms with Crippen LogP contribution < -0.4 is 11.3 Å². The lowest BCUT2D eigenvalue weighted by Crippen LogP contribution is -2.29. The van der Waals surface area contributed by atoms with Crippen molar-refractivity contribution in [1.82, 2.24) is 5.43 Å². The molecule has 0 bridgehead atoms. The first-order chi connectivity index (χ1) is 8.24. The Bertz CT molecular complexity index is 440. The summed E-state index contributed by atoms with van der Waals surface area (Å²) >= 11 is 0. The van der Waals surface area contributed by atoms with E-state index in [9.17, 15) is 4.79 Å². The zero-order valence-electron chi connectivity index (χ0n) is 9.76. The molecule has 88 valence electrons. The molecule has 0 aliphatic carbocycles. The molecule has 0 spiro atoms. The molecule has 2 aromatic rings. The molecule has 0 unspecified atom stereocenters. The zero-order valence-corrected chi connectivity index (χ0v) is 9.76. The van der Waals surface area contributed by atoms with Gasteiger partial charge in [-0.1, -0.05) is 54.1 Å². The molecule has 2 aromatic carbocycles. The van der Waals surface area contributed by atoms with Crippen LogP contribution in [0, 0.1) is 6.92 Å². The number of nitrogens with two attached hydrogens (primary N) is 1. The van der Waals surface area contributed by atoms with Gasteiger partial charge in [-0.25, -0.2) is 5.84 Å². The van der Waals surface area contributed by atoms with Crippen LogP contribution >= 0.6 is 0 Å². The average molecular weight is 228 g/mol. The number of hydrogen-bond donors (Lipinski definition) is 2. The summed E-state index contributed by atoms with van der Waals surface area (Å²) in [7, 11) is 0. The Morgan fingerprint density at radius 2 is 1.41 bits per heavy atom. The lowest BCUT2D eigenvalue weighted by Gasteiger charge is -1.95. The number of hydrogen-bond acceptors (Lipinski definition) is 2. The van der Waals surface area contributed by atoms with Gasteiger partial charge in [0.1, 0.15) is 0 Å². The Labute approximate surface area is 101 Å². The summed E-state index contributed by atoms with van der Waals surface area (Å²) < 4.78 is 0. The van der Waals surface area contributed by atoms with E-state index in [1.165, 1.54) is 5.56 Å². The summed E-state index contributed by atoms with van der Waals surface area (Å²) in [6.45, 7) is 2.08. The lowest BCUT2D eigenvalue weighted by molar-refractivity contribution is 0.0953. The maximum absolute atomic E-state index is 10.8. The van der Waals surface area contributed by atoms with Gasteiger partial charge in [0.15, 0.2) is 0 Å². The summed E-state index contributed by atoms with van der Waals surface area (Å²) in [6.07, 6.45) is 0. The SMILES string of the molecule is Cc1ccccc1.NNC(=O)c1ccccc1. The summed E-state index contributed by atoms with van der Waals surface area (Å²) in [5.74, 6) is 4.64.